The minimum atomic E-state index is -2.39. The fourth-order valence-electron chi connectivity index (χ4n) is 2.54. The van der Waals surface area contributed by atoms with E-state index >= 15 is 0 Å². The Kier molecular flexibility index (Phi) is 3.64. The lowest BCUT2D eigenvalue weighted by Gasteiger charge is -2.34. The van der Waals surface area contributed by atoms with Crippen LogP contribution in [0.5, 0.6) is 0 Å². The third kappa shape index (κ3) is 2.37. The van der Waals surface area contributed by atoms with Crippen molar-refractivity contribution < 1.29 is 19.5 Å². The topological polar surface area (TPSA) is 74.7 Å². The second-order valence-electron chi connectivity index (χ2n) is 5.08. The molecule has 1 aliphatic rings. The average molecular weight is 307 g/mol. The summed E-state index contributed by atoms with van der Waals surface area (Å²) in [6.45, 7) is 0. The van der Waals surface area contributed by atoms with Gasteiger partial charge < -0.3 is 5.11 Å². The molecule has 1 heterocycles. The summed E-state index contributed by atoms with van der Waals surface area (Å²) in [7, 11) is 0. The molecule has 3 rings (SSSR count). The first-order chi connectivity index (χ1) is 11.0. The van der Waals surface area contributed by atoms with Crippen molar-refractivity contribution in [3.05, 3.63) is 83.9 Å². The molecule has 1 unspecified atom stereocenters. The number of rotatable bonds is 4. The van der Waals surface area contributed by atoms with Gasteiger partial charge in [0.05, 0.1) is 0 Å². The van der Waals surface area contributed by atoms with Crippen LogP contribution in [0.3, 0.4) is 0 Å². The third-order valence-corrected chi connectivity index (χ3v) is 3.66. The van der Waals surface area contributed by atoms with Crippen molar-refractivity contribution in [1.82, 2.24) is 4.90 Å². The van der Waals surface area contributed by atoms with E-state index in [1.807, 2.05) is 0 Å². The zero-order valence-corrected chi connectivity index (χ0v) is 12.0. The Balaban J connectivity index is 2.17. The molecule has 2 aromatic rings. The maximum absolute atomic E-state index is 12.9. The van der Waals surface area contributed by atoms with E-state index < -0.39 is 23.3 Å². The van der Waals surface area contributed by atoms with Crippen LogP contribution in [-0.4, -0.2) is 27.6 Å². The molecule has 0 aromatic heterocycles. The zero-order chi connectivity index (χ0) is 16.4. The van der Waals surface area contributed by atoms with Gasteiger partial charge in [0.25, 0.3) is 11.8 Å². The number of hydrogen-bond donors (Lipinski definition) is 1. The normalized spacial score (nSPS) is 16.5. The number of benzene rings is 2. The number of nitrogens with zero attached hydrogens (tertiary/aromatic N) is 1. The van der Waals surface area contributed by atoms with Crippen LogP contribution in [0.2, 0.25) is 0 Å². The Morgan fingerprint density at radius 3 is 1.83 bits per heavy atom. The molecular formula is C18H13NO4. The van der Waals surface area contributed by atoms with Crippen LogP contribution in [0.4, 0.5) is 0 Å². The van der Waals surface area contributed by atoms with Crippen molar-refractivity contribution in [2.24, 2.45) is 0 Å². The minimum absolute atomic E-state index is 0.152. The minimum Gasteiger partial charge on any atom is -0.360 e. The number of aliphatic hydroxyl groups is 1. The lowest BCUT2D eigenvalue weighted by molar-refractivity contribution is -0.158. The summed E-state index contributed by atoms with van der Waals surface area (Å²) in [4.78, 5) is 37.6. The first-order valence-electron chi connectivity index (χ1n) is 6.99. The largest absolute Gasteiger partial charge is 0.360 e. The molecule has 0 aliphatic carbocycles. The number of ketones is 1. The molecule has 0 bridgehead atoms. The van der Waals surface area contributed by atoms with Gasteiger partial charge in [-0.15, -0.1) is 0 Å². The highest BCUT2D eigenvalue weighted by molar-refractivity contribution is 6.17. The van der Waals surface area contributed by atoms with E-state index in [1.165, 1.54) is 24.3 Å². The molecule has 0 saturated heterocycles. The van der Waals surface area contributed by atoms with Gasteiger partial charge in [-0.1, -0.05) is 60.7 Å². The highest BCUT2D eigenvalue weighted by Crippen LogP contribution is 2.32. The summed E-state index contributed by atoms with van der Waals surface area (Å²) in [6.07, 6.45) is 2.07. The molecule has 0 spiro atoms. The van der Waals surface area contributed by atoms with Crippen molar-refractivity contribution in [2.75, 3.05) is 0 Å². The molecule has 5 nitrogen and oxygen atoms in total. The maximum Gasteiger partial charge on any atom is 0.256 e. The lowest BCUT2D eigenvalue weighted by atomic mass is 9.92. The van der Waals surface area contributed by atoms with E-state index in [9.17, 15) is 19.5 Å². The molecule has 1 aliphatic heterocycles. The smallest absolute Gasteiger partial charge is 0.256 e. The first-order valence-corrected chi connectivity index (χ1v) is 6.99. The Hall–Kier alpha value is -3.05. The molecule has 1 atom stereocenters. The summed E-state index contributed by atoms with van der Waals surface area (Å²) in [5.74, 6) is -2.20. The number of amides is 2. The van der Waals surface area contributed by atoms with Crippen molar-refractivity contribution in [2.45, 2.75) is 5.72 Å². The van der Waals surface area contributed by atoms with Crippen molar-refractivity contribution in [3.8, 4) is 0 Å². The number of hydrogen-bond acceptors (Lipinski definition) is 4. The molecule has 2 aromatic carbocycles. The average Bonchev–Trinajstić information content (AvgIpc) is 2.94. The number of imide groups is 1. The van der Waals surface area contributed by atoms with Gasteiger partial charge >= 0.3 is 0 Å². The predicted molar refractivity (Wildman–Crippen MR) is 82.1 cm³/mol. The third-order valence-electron chi connectivity index (χ3n) is 3.66. The van der Waals surface area contributed by atoms with E-state index in [1.54, 1.807) is 36.4 Å². The molecule has 0 fully saturated rings. The van der Waals surface area contributed by atoms with Crippen molar-refractivity contribution in [1.29, 1.82) is 0 Å². The van der Waals surface area contributed by atoms with E-state index in [0.29, 0.717) is 4.90 Å². The summed E-state index contributed by atoms with van der Waals surface area (Å²) in [5.41, 5.74) is -2.04. The second-order valence-corrected chi connectivity index (χ2v) is 5.08. The van der Waals surface area contributed by atoms with Crippen LogP contribution in [0.1, 0.15) is 15.9 Å². The SMILES string of the molecule is O=C1C=CC(=O)N1C(O)(C(=O)c1ccccc1)c1ccccc1. The van der Waals surface area contributed by atoms with Crippen LogP contribution in [0.25, 0.3) is 0 Å². The monoisotopic (exact) mass is 307 g/mol. The quantitative estimate of drug-likeness (QED) is 0.688. The van der Waals surface area contributed by atoms with Crippen LogP contribution < -0.4 is 0 Å². The lowest BCUT2D eigenvalue weighted by Crippen LogP contribution is -2.54. The van der Waals surface area contributed by atoms with Crippen LogP contribution in [-0.2, 0) is 15.3 Å². The molecule has 114 valence electrons. The fourth-order valence-corrected chi connectivity index (χ4v) is 2.54. The summed E-state index contributed by atoms with van der Waals surface area (Å²) >= 11 is 0. The number of carbonyl (C=O) groups is 3. The van der Waals surface area contributed by atoms with Gasteiger partial charge in [-0.05, 0) is 0 Å². The van der Waals surface area contributed by atoms with Gasteiger partial charge in [0, 0.05) is 23.3 Å². The molecule has 0 radical (unpaired) electrons. The molecule has 0 saturated carbocycles. The van der Waals surface area contributed by atoms with E-state index in [2.05, 4.69) is 0 Å². The van der Waals surface area contributed by atoms with Gasteiger partial charge in [-0.3, -0.25) is 14.4 Å². The van der Waals surface area contributed by atoms with Gasteiger partial charge in [0.2, 0.25) is 11.5 Å². The highest BCUT2D eigenvalue weighted by atomic mass is 16.3. The van der Waals surface area contributed by atoms with Crippen LogP contribution in [0.15, 0.2) is 72.8 Å². The van der Waals surface area contributed by atoms with Gasteiger partial charge in [-0.2, -0.15) is 0 Å². The molecule has 2 amide bonds. The van der Waals surface area contributed by atoms with Gasteiger partial charge in [0.15, 0.2) is 0 Å². The first kappa shape index (κ1) is 14.9. The summed E-state index contributed by atoms with van der Waals surface area (Å²) < 4.78 is 0. The Labute approximate surface area is 132 Å². The van der Waals surface area contributed by atoms with E-state index in [-0.39, 0.29) is 11.1 Å². The zero-order valence-electron chi connectivity index (χ0n) is 12.0. The van der Waals surface area contributed by atoms with Gasteiger partial charge in [-0.25, -0.2) is 4.90 Å². The molecule has 1 N–H and O–H groups in total. The fraction of sp³-hybridized carbons (Fsp3) is 0.0556. The maximum atomic E-state index is 12.9. The Morgan fingerprint density at radius 2 is 1.30 bits per heavy atom. The number of carbonyl (C=O) groups excluding carboxylic acids is 3. The predicted octanol–water partition coefficient (Wildman–Crippen LogP) is 1.64. The van der Waals surface area contributed by atoms with Gasteiger partial charge in [0.1, 0.15) is 0 Å². The van der Waals surface area contributed by atoms with Crippen molar-refractivity contribution >= 4 is 17.6 Å². The molecular weight excluding hydrogens is 294 g/mol. The Morgan fingerprint density at radius 1 is 0.826 bits per heavy atom. The van der Waals surface area contributed by atoms with E-state index in [4.69, 9.17) is 0 Å². The second kappa shape index (κ2) is 5.62. The number of Topliss-reactive ketones (excluding diaryl/α,β-unsaturated/α-hetero) is 1. The summed E-state index contributed by atoms with van der Waals surface area (Å²) in [5, 5.41) is 11.1. The molecule has 5 heteroatoms. The van der Waals surface area contributed by atoms with Crippen LogP contribution >= 0.6 is 0 Å². The van der Waals surface area contributed by atoms with E-state index in [0.717, 1.165) is 12.2 Å². The Bertz CT molecular complexity index is 780. The van der Waals surface area contributed by atoms with Crippen LogP contribution in [0, 0.1) is 0 Å². The standard InChI is InChI=1S/C18H13NO4/c20-15-11-12-16(21)19(15)18(23,14-9-5-2-6-10-14)17(22)13-7-3-1-4-8-13/h1-12,23H. The highest BCUT2D eigenvalue weighted by Gasteiger charge is 2.50. The van der Waals surface area contributed by atoms with Crippen molar-refractivity contribution in [3.63, 3.8) is 0 Å². The summed E-state index contributed by atoms with van der Waals surface area (Å²) in [6, 6.07) is 16.0. The molecule has 23 heavy (non-hydrogen) atoms.